The molecule has 2 rings (SSSR count). The number of nitrogens with zero attached hydrogens (tertiary/aromatic N) is 3. The molecule has 4 nitrogen and oxygen atoms in total. The standard InChI is InChI=1S/C15H24BrN3O/c1-10(2)20-14-9-11(3)17-15(18-14)19(4)13-8-6-5-7-12(13)16/h9-10,12-13H,5-8H2,1-4H3. The van der Waals surface area contributed by atoms with Gasteiger partial charge in [-0.25, -0.2) is 4.98 Å². The summed E-state index contributed by atoms with van der Waals surface area (Å²) in [5.41, 5.74) is 0.944. The second kappa shape index (κ2) is 6.74. The summed E-state index contributed by atoms with van der Waals surface area (Å²) < 4.78 is 5.71. The summed E-state index contributed by atoms with van der Waals surface area (Å²) in [7, 11) is 2.08. The molecule has 1 aliphatic carbocycles. The van der Waals surface area contributed by atoms with Crippen molar-refractivity contribution in [1.29, 1.82) is 0 Å². The average molecular weight is 342 g/mol. The van der Waals surface area contributed by atoms with Crippen molar-refractivity contribution in [3.8, 4) is 5.88 Å². The third-order valence-electron chi connectivity index (χ3n) is 3.64. The van der Waals surface area contributed by atoms with Crippen LogP contribution in [0, 0.1) is 6.92 Å². The van der Waals surface area contributed by atoms with Gasteiger partial charge in [-0.15, -0.1) is 0 Å². The van der Waals surface area contributed by atoms with Crippen LogP contribution in [-0.4, -0.2) is 34.0 Å². The number of rotatable bonds is 4. The number of aromatic nitrogens is 2. The van der Waals surface area contributed by atoms with E-state index in [1.54, 1.807) is 0 Å². The molecule has 2 atom stereocenters. The third-order valence-corrected chi connectivity index (χ3v) is 4.70. The van der Waals surface area contributed by atoms with Crippen molar-refractivity contribution in [3.63, 3.8) is 0 Å². The van der Waals surface area contributed by atoms with Gasteiger partial charge in [0, 0.05) is 29.7 Å². The summed E-state index contributed by atoms with van der Waals surface area (Å²) >= 11 is 3.80. The maximum atomic E-state index is 5.71. The Morgan fingerprint density at radius 1 is 1.30 bits per heavy atom. The maximum absolute atomic E-state index is 5.71. The molecule has 0 bridgehead atoms. The van der Waals surface area contributed by atoms with E-state index in [9.17, 15) is 0 Å². The first-order valence-electron chi connectivity index (χ1n) is 7.36. The lowest BCUT2D eigenvalue weighted by Gasteiger charge is -2.35. The van der Waals surface area contributed by atoms with E-state index in [0.717, 1.165) is 11.6 Å². The molecule has 0 spiro atoms. The van der Waals surface area contributed by atoms with Gasteiger partial charge >= 0.3 is 0 Å². The summed E-state index contributed by atoms with van der Waals surface area (Å²) in [6, 6.07) is 2.35. The van der Waals surface area contributed by atoms with E-state index < -0.39 is 0 Å². The van der Waals surface area contributed by atoms with Crippen LogP contribution in [0.1, 0.15) is 45.2 Å². The normalized spacial score (nSPS) is 22.9. The van der Waals surface area contributed by atoms with Crippen molar-refractivity contribution >= 4 is 21.9 Å². The SMILES string of the molecule is Cc1cc(OC(C)C)nc(N(C)C2CCCCC2Br)n1. The lowest BCUT2D eigenvalue weighted by molar-refractivity contribution is 0.232. The van der Waals surface area contributed by atoms with Gasteiger partial charge < -0.3 is 9.64 Å². The Morgan fingerprint density at radius 3 is 2.65 bits per heavy atom. The minimum absolute atomic E-state index is 0.126. The molecule has 1 fully saturated rings. The molecule has 0 aromatic carbocycles. The van der Waals surface area contributed by atoms with E-state index in [1.165, 1.54) is 25.7 Å². The van der Waals surface area contributed by atoms with Crippen LogP contribution >= 0.6 is 15.9 Å². The fraction of sp³-hybridized carbons (Fsp3) is 0.733. The van der Waals surface area contributed by atoms with Gasteiger partial charge in [0.15, 0.2) is 0 Å². The second-order valence-electron chi connectivity index (χ2n) is 5.79. The Hall–Kier alpha value is -0.840. The lowest BCUT2D eigenvalue weighted by Crippen LogP contribution is -2.41. The Morgan fingerprint density at radius 2 is 2.00 bits per heavy atom. The second-order valence-corrected chi connectivity index (χ2v) is 6.97. The highest BCUT2D eigenvalue weighted by atomic mass is 79.9. The van der Waals surface area contributed by atoms with Gasteiger partial charge in [-0.1, -0.05) is 28.8 Å². The summed E-state index contributed by atoms with van der Waals surface area (Å²) in [5.74, 6) is 1.42. The number of alkyl halides is 1. The number of aryl methyl sites for hydroxylation is 1. The Bertz CT molecular complexity index is 453. The molecule has 0 aliphatic heterocycles. The number of anilines is 1. The van der Waals surface area contributed by atoms with E-state index in [2.05, 4.69) is 37.8 Å². The van der Waals surface area contributed by atoms with E-state index in [1.807, 2.05) is 26.8 Å². The average Bonchev–Trinajstić information content (AvgIpc) is 2.37. The van der Waals surface area contributed by atoms with E-state index in [4.69, 9.17) is 4.74 Å². The topological polar surface area (TPSA) is 38.2 Å². The molecular weight excluding hydrogens is 318 g/mol. The first-order valence-corrected chi connectivity index (χ1v) is 8.28. The van der Waals surface area contributed by atoms with Crippen molar-refractivity contribution in [2.24, 2.45) is 0 Å². The summed E-state index contributed by atoms with van der Waals surface area (Å²) in [4.78, 5) is 11.8. The number of halogens is 1. The van der Waals surface area contributed by atoms with Crippen LogP contribution < -0.4 is 9.64 Å². The van der Waals surface area contributed by atoms with Crippen LogP contribution in [0.25, 0.3) is 0 Å². The van der Waals surface area contributed by atoms with Crippen molar-refractivity contribution in [2.75, 3.05) is 11.9 Å². The minimum Gasteiger partial charge on any atom is -0.475 e. The lowest BCUT2D eigenvalue weighted by atomic mass is 9.94. The predicted octanol–water partition coefficient (Wildman–Crippen LogP) is 3.71. The van der Waals surface area contributed by atoms with Crippen LogP contribution in [0.3, 0.4) is 0 Å². The Kier molecular flexibility index (Phi) is 5.24. The number of hydrogen-bond donors (Lipinski definition) is 0. The molecule has 1 heterocycles. The highest BCUT2D eigenvalue weighted by molar-refractivity contribution is 9.09. The quantitative estimate of drug-likeness (QED) is 0.782. The molecular formula is C15H24BrN3O. The highest BCUT2D eigenvalue weighted by Crippen LogP contribution is 2.30. The van der Waals surface area contributed by atoms with Gasteiger partial charge in [0.1, 0.15) is 0 Å². The van der Waals surface area contributed by atoms with Crippen LogP contribution in [0.5, 0.6) is 5.88 Å². The fourth-order valence-corrected chi connectivity index (χ4v) is 3.58. The van der Waals surface area contributed by atoms with Gasteiger partial charge in [-0.05, 0) is 33.6 Å². The van der Waals surface area contributed by atoms with Crippen LogP contribution in [-0.2, 0) is 0 Å². The molecule has 2 unspecified atom stereocenters. The van der Waals surface area contributed by atoms with E-state index in [0.29, 0.717) is 16.7 Å². The zero-order chi connectivity index (χ0) is 14.7. The van der Waals surface area contributed by atoms with Crippen molar-refractivity contribution < 1.29 is 4.74 Å². The minimum atomic E-state index is 0.126. The molecule has 1 aromatic rings. The summed E-state index contributed by atoms with van der Waals surface area (Å²) in [6.45, 7) is 6.01. The zero-order valence-electron chi connectivity index (χ0n) is 12.8. The molecule has 1 aromatic heterocycles. The van der Waals surface area contributed by atoms with E-state index in [-0.39, 0.29) is 6.10 Å². The van der Waals surface area contributed by atoms with Gasteiger partial charge in [-0.2, -0.15) is 4.98 Å². The third kappa shape index (κ3) is 3.84. The molecule has 5 heteroatoms. The monoisotopic (exact) mass is 341 g/mol. The van der Waals surface area contributed by atoms with Gasteiger partial charge in [0.25, 0.3) is 0 Å². The van der Waals surface area contributed by atoms with Crippen LogP contribution in [0.4, 0.5) is 5.95 Å². The first-order chi connectivity index (χ1) is 9.47. The molecule has 0 radical (unpaired) electrons. The largest absolute Gasteiger partial charge is 0.475 e. The smallest absolute Gasteiger partial charge is 0.228 e. The molecule has 112 valence electrons. The molecule has 1 aliphatic rings. The number of hydrogen-bond acceptors (Lipinski definition) is 4. The van der Waals surface area contributed by atoms with Crippen LogP contribution in [0.2, 0.25) is 0 Å². The Balaban J connectivity index is 2.20. The number of ether oxygens (including phenoxy) is 1. The summed E-state index contributed by atoms with van der Waals surface area (Å²) in [5, 5.41) is 0. The van der Waals surface area contributed by atoms with Crippen molar-refractivity contribution in [1.82, 2.24) is 9.97 Å². The molecule has 1 saturated carbocycles. The summed E-state index contributed by atoms with van der Waals surface area (Å²) in [6.07, 6.45) is 5.11. The van der Waals surface area contributed by atoms with Gasteiger partial charge in [0.05, 0.1) is 6.10 Å². The van der Waals surface area contributed by atoms with Crippen molar-refractivity contribution in [2.45, 2.75) is 63.4 Å². The maximum Gasteiger partial charge on any atom is 0.228 e. The molecule has 0 saturated heterocycles. The van der Waals surface area contributed by atoms with Gasteiger partial charge in [-0.3, -0.25) is 0 Å². The molecule has 0 amide bonds. The predicted molar refractivity (Wildman–Crippen MR) is 85.9 cm³/mol. The molecule has 20 heavy (non-hydrogen) atoms. The fourth-order valence-electron chi connectivity index (χ4n) is 2.63. The van der Waals surface area contributed by atoms with Gasteiger partial charge in [0.2, 0.25) is 11.8 Å². The Labute approximate surface area is 130 Å². The van der Waals surface area contributed by atoms with Crippen molar-refractivity contribution in [3.05, 3.63) is 11.8 Å². The van der Waals surface area contributed by atoms with E-state index >= 15 is 0 Å². The van der Waals surface area contributed by atoms with Crippen LogP contribution in [0.15, 0.2) is 6.07 Å². The first kappa shape index (κ1) is 15.5. The highest BCUT2D eigenvalue weighted by Gasteiger charge is 2.28. The molecule has 0 N–H and O–H groups in total. The zero-order valence-corrected chi connectivity index (χ0v) is 14.4.